The SMILES string of the molecule is N#CC(C#N)=C(C#N)Nc1ccc(NC(=O)CN2CCCCC2)cc1. The van der Waals surface area contributed by atoms with E-state index in [4.69, 9.17) is 15.8 Å². The molecule has 1 fully saturated rings. The Morgan fingerprint density at radius 2 is 1.48 bits per heavy atom. The average Bonchev–Trinajstić information content (AvgIpc) is 2.64. The van der Waals surface area contributed by atoms with Gasteiger partial charge in [-0.25, -0.2) is 0 Å². The number of nitriles is 3. The zero-order valence-electron chi connectivity index (χ0n) is 13.7. The Labute approximate surface area is 146 Å². The lowest BCUT2D eigenvalue weighted by atomic mass is 10.1. The van der Waals surface area contributed by atoms with E-state index in [9.17, 15) is 4.79 Å². The van der Waals surface area contributed by atoms with Crippen molar-refractivity contribution in [2.75, 3.05) is 30.3 Å². The van der Waals surface area contributed by atoms with Gasteiger partial charge in [0.05, 0.1) is 6.54 Å². The summed E-state index contributed by atoms with van der Waals surface area (Å²) in [6, 6.07) is 11.9. The number of anilines is 2. The molecule has 0 unspecified atom stereocenters. The van der Waals surface area contributed by atoms with Gasteiger partial charge in [-0.05, 0) is 50.2 Å². The van der Waals surface area contributed by atoms with Crippen molar-refractivity contribution in [1.29, 1.82) is 15.8 Å². The summed E-state index contributed by atoms with van der Waals surface area (Å²) >= 11 is 0. The van der Waals surface area contributed by atoms with E-state index in [1.807, 2.05) is 0 Å². The van der Waals surface area contributed by atoms with Crippen LogP contribution in [0.25, 0.3) is 0 Å². The third-order valence-electron chi connectivity index (χ3n) is 3.84. The molecular weight excluding hydrogens is 316 g/mol. The van der Waals surface area contributed by atoms with Crippen LogP contribution in [-0.4, -0.2) is 30.4 Å². The number of likely N-dealkylation sites (tertiary alicyclic amines) is 1. The Bertz CT molecular complexity index is 754. The van der Waals surface area contributed by atoms with Gasteiger partial charge in [0.2, 0.25) is 5.91 Å². The molecule has 1 aliphatic rings. The minimum atomic E-state index is -0.276. The monoisotopic (exact) mass is 334 g/mol. The summed E-state index contributed by atoms with van der Waals surface area (Å²) in [6.07, 6.45) is 3.50. The van der Waals surface area contributed by atoms with E-state index in [1.54, 1.807) is 42.5 Å². The first kappa shape index (κ1) is 18.0. The van der Waals surface area contributed by atoms with Crippen LogP contribution in [-0.2, 0) is 4.79 Å². The molecule has 0 atom stereocenters. The van der Waals surface area contributed by atoms with Crippen LogP contribution in [0.2, 0.25) is 0 Å². The number of amides is 1. The number of carbonyl (C=O) groups excluding carboxylic acids is 1. The van der Waals surface area contributed by atoms with Crippen molar-refractivity contribution in [3.8, 4) is 18.2 Å². The predicted molar refractivity (Wildman–Crippen MR) is 92.9 cm³/mol. The number of hydrogen-bond donors (Lipinski definition) is 2. The maximum Gasteiger partial charge on any atom is 0.238 e. The van der Waals surface area contributed by atoms with Crippen LogP contribution in [0, 0.1) is 34.0 Å². The molecule has 126 valence electrons. The first-order valence-corrected chi connectivity index (χ1v) is 8.00. The van der Waals surface area contributed by atoms with Gasteiger partial charge in [-0.2, -0.15) is 15.8 Å². The van der Waals surface area contributed by atoms with Gasteiger partial charge in [-0.3, -0.25) is 9.69 Å². The number of hydrogen-bond acceptors (Lipinski definition) is 6. The zero-order valence-corrected chi connectivity index (χ0v) is 13.7. The fraction of sp³-hybridized carbons (Fsp3) is 0.333. The van der Waals surface area contributed by atoms with E-state index in [0.29, 0.717) is 17.9 Å². The third kappa shape index (κ3) is 5.35. The van der Waals surface area contributed by atoms with Crippen LogP contribution < -0.4 is 10.6 Å². The fourth-order valence-corrected chi connectivity index (χ4v) is 2.59. The predicted octanol–water partition coefficient (Wildman–Crippen LogP) is 2.35. The molecule has 2 rings (SSSR count). The Balaban J connectivity index is 1.94. The molecule has 0 radical (unpaired) electrons. The van der Waals surface area contributed by atoms with E-state index in [-0.39, 0.29) is 17.2 Å². The largest absolute Gasteiger partial charge is 0.345 e. The molecule has 2 N–H and O–H groups in total. The molecule has 7 heteroatoms. The molecule has 0 saturated carbocycles. The normalized spacial score (nSPS) is 13.6. The van der Waals surface area contributed by atoms with Gasteiger partial charge >= 0.3 is 0 Å². The summed E-state index contributed by atoms with van der Waals surface area (Å²) in [4.78, 5) is 14.2. The van der Waals surface area contributed by atoms with Gasteiger partial charge in [0.1, 0.15) is 23.9 Å². The number of nitrogens with zero attached hydrogens (tertiary/aromatic N) is 4. The van der Waals surface area contributed by atoms with E-state index < -0.39 is 0 Å². The van der Waals surface area contributed by atoms with Crippen LogP contribution in [0.3, 0.4) is 0 Å². The number of carbonyl (C=O) groups is 1. The van der Waals surface area contributed by atoms with Gasteiger partial charge in [-0.15, -0.1) is 0 Å². The highest BCUT2D eigenvalue weighted by atomic mass is 16.2. The van der Waals surface area contributed by atoms with Crippen molar-refractivity contribution in [3.05, 3.63) is 35.5 Å². The van der Waals surface area contributed by atoms with Crippen LogP contribution in [0.5, 0.6) is 0 Å². The highest BCUT2D eigenvalue weighted by Crippen LogP contribution is 2.16. The van der Waals surface area contributed by atoms with Gasteiger partial charge in [-0.1, -0.05) is 6.42 Å². The second kappa shape index (κ2) is 9.08. The van der Waals surface area contributed by atoms with Crippen molar-refractivity contribution in [2.24, 2.45) is 0 Å². The Kier molecular flexibility index (Phi) is 6.54. The average molecular weight is 334 g/mol. The van der Waals surface area contributed by atoms with E-state index in [1.165, 1.54) is 6.42 Å². The van der Waals surface area contributed by atoms with Crippen LogP contribution in [0.4, 0.5) is 11.4 Å². The standard InChI is InChI=1S/C18H18N6O/c19-10-14(11-20)17(12-21)22-15-4-6-16(7-5-15)23-18(25)13-24-8-2-1-3-9-24/h4-7,22H,1-3,8-9,13H2,(H,23,25). The highest BCUT2D eigenvalue weighted by molar-refractivity contribution is 5.92. The lowest BCUT2D eigenvalue weighted by molar-refractivity contribution is -0.117. The van der Waals surface area contributed by atoms with Crippen molar-refractivity contribution < 1.29 is 4.79 Å². The molecule has 1 saturated heterocycles. The Morgan fingerprint density at radius 3 is 2.00 bits per heavy atom. The van der Waals surface area contributed by atoms with E-state index in [0.717, 1.165) is 25.9 Å². The summed E-state index contributed by atoms with van der Waals surface area (Å²) < 4.78 is 0. The fourth-order valence-electron chi connectivity index (χ4n) is 2.59. The molecule has 25 heavy (non-hydrogen) atoms. The molecule has 1 heterocycles. The minimum absolute atomic E-state index is 0.0588. The van der Waals surface area contributed by atoms with Crippen LogP contribution >= 0.6 is 0 Å². The minimum Gasteiger partial charge on any atom is -0.345 e. The lowest BCUT2D eigenvalue weighted by Gasteiger charge is -2.25. The van der Waals surface area contributed by atoms with Crippen molar-refractivity contribution >= 4 is 17.3 Å². The maximum atomic E-state index is 12.1. The number of nitrogens with one attached hydrogen (secondary N) is 2. The van der Waals surface area contributed by atoms with Gasteiger partial charge in [0.15, 0.2) is 5.57 Å². The molecule has 0 bridgehead atoms. The highest BCUT2D eigenvalue weighted by Gasteiger charge is 2.14. The molecule has 0 aliphatic carbocycles. The lowest BCUT2D eigenvalue weighted by Crippen LogP contribution is -2.36. The molecule has 1 aliphatic heterocycles. The molecule has 7 nitrogen and oxygen atoms in total. The molecule has 1 amide bonds. The smallest absolute Gasteiger partial charge is 0.238 e. The molecule has 0 aromatic heterocycles. The third-order valence-corrected chi connectivity index (χ3v) is 3.84. The molecule has 1 aromatic rings. The topological polar surface area (TPSA) is 116 Å². The van der Waals surface area contributed by atoms with Crippen molar-refractivity contribution in [3.63, 3.8) is 0 Å². The zero-order chi connectivity index (χ0) is 18.1. The second-order valence-corrected chi connectivity index (χ2v) is 5.67. The van der Waals surface area contributed by atoms with Crippen molar-refractivity contribution in [2.45, 2.75) is 19.3 Å². The van der Waals surface area contributed by atoms with E-state index in [2.05, 4.69) is 15.5 Å². The first-order chi connectivity index (χ1) is 12.2. The number of rotatable bonds is 5. The Hall–Kier alpha value is -3.34. The second-order valence-electron chi connectivity index (χ2n) is 5.67. The number of benzene rings is 1. The molecular formula is C18H18N6O. The molecule has 1 aromatic carbocycles. The number of allylic oxidation sites excluding steroid dienone is 2. The summed E-state index contributed by atoms with van der Waals surface area (Å²) in [5.74, 6) is -0.0588. The van der Waals surface area contributed by atoms with Crippen LogP contribution in [0.1, 0.15) is 19.3 Å². The first-order valence-electron chi connectivity index (χ1n) is 8.00. The van der Waals surface area contributed by atoms with Gasteiger partial charge < -0.3 is 10.6 Å². The van der Waals surface area contributed by atoms with Crippen LogP contribution in [0.15, 0.2) is 35.5 Å². The van der Waals surface area contributed by atoms with Gasteiger partial charge in [0, 0.05) is 11.4 Å². The van der Waals surface area contributed by atoms with Gasteiger partial charge in [0.25, 0.3) is 0 Å². The Morgan fingerprint density at radius 1 is 0.920 bits per heavy atom. The summed E-state index contributed by atoms with van der Waals surface area (Å²) in [5, 5.41) is 32.2. The summed E-state index contributed by atoms with van der Waals surface area (Å²) in [5.41, 5.74) is 0.817. The quantitative estimate of drug-likeness (QED) is 0.799. The summed E-state index contributed by atoms with van der Waals surface area (Å²) in [7, 11) is 0. The van der Waals surface area contributed by atoms with Crippen molar-refractivity contribution in [1.82, 2.24) is 4.90 Å². The maximum absolute atomic E-state index is 12.1. The molecule has 0 spiro atoms. The summed E-state index contributed by atoms with van der Waals surface area (Å²) in [6.45, 7) is 2.30. The van der Waals surface area contributed by atoms with E-state index >= 15 is 0 Å². The number of piperidine rings is 1.